The van der Waals surface area contributed by atoms with Crippen molar-refractivity contribution in [2.75, 3.05) is 0 Å². The van der Waals surface area contributed by atoms with Crippen LogP contribution in [0.25, 0.3) is 0 Å². The molecule has 0 fully saturated rings. The number of aliphatic hydroxyl groups is 2. The van der Waals surface area contributed by atoms with Gasteiger partial charge < -0.3 is 10.2 Å². The smallest absolute Gasteiger partial charge is 0.132 e. The molecule has 2 nitrogen and oxygen atoms in total. The van der Waals surface area contributed by atoms with E-state index < -0.39 is 0 Å². The molecule has 0 aromatic heterocycles. The van der Waals surface area contributed by atoms with Crippen LogP contribution < -0.4 is 0 Å². The second-order valence-corrected chi connectivity index (χ2v) is 2.63. The van der Waals surface area contributed by atoms with Crippen LogP contribution in [0, 0.1) is 5.92 Å². The number of aliphatic hydroxyl groups excluding tert-OH is 2. The maximum atomic E-state index is 9.08. The van der Waals surface area contributed by atoms with Crippen molar-refractivity contribution >= 4 is 0 Å². The molecule has 2 N–H and O–H groups in total. The lowest BCUT2D eigenvalue weighted by molar-refractivity contribution is 0.239. The molecule has 0 amide bonds. The SMILES string of the molecule is CC1CCCC(O)=C1O. The predicted octanol–water partition coefficient (Wildman–Crippen LogP) is 2.13. The summed E-state index contributed by atoms with van der Waals surface area (Å²) in [5, 5.41) is 18.1. The lowest BCUT2D eigenvalue weighted by Crippen LogP contribution is -2.08. The molecule has 0 radical (unpaired) electrons. The van der Waals surface area contributed by atoms with Gasteiger partial charge in [0.15, 0.2) is 0 Å². The summed E-state index contributed by atoms with van der Waals surface area (Å²) in [4.78, 5) is 0. The third-order valence-electron chi connectivity index (χ3n) is 1.81. The molecule has 0 heterocycles. The normalized spacial score (nSPS) is 28.8. The summed E-state index contributed by atoms with van der Waals surface area (Å²) < 4.78 is 0. The molecular formula is C7H12O2. The summed E-state index contributed by atoms with van der Waals surface area (Å²) in [5.41, 5.74) is 0. The lowest BCUT2D eigenvalue weighted by atomic mass is 9.94. The summed E-state index contributed by atoms with van der Waals surface area (Å²) in [7, 11) is 0. The first kappa shape index (κ1) is 6.46. The molecule has 1 aliphatic rings. The number of hydrogen-bond donors (Lipinski definition) is 2. The Hall–Kier alpha value is -0.660. The Balaban J connectivity index is 2.72. The number of hydrogen-bond acceptors (Lipinski definition) is 2. The van der Waals surface area contributed by atoms with Gasteiger partial charge in [0.1, 0.15) is 11.5 Å². The average molecular weight is 128 g/mol. The van der Waals surface area contributed by atoms with E-state index in [2.05, 4.69) is 0 Å². The highest BCUT2D eigenvalue weighted by molar-refractivity contribution is 5.05. The lowest BCUT2D eigenvalue weighted by Gasteiger charge is -2.17. The molecule has 0 aromatic carbocycles. The third-order valence-corrected chi connectivity index (χ3v) is 1.81. The van der Waals surface area contributed by atoms with Crippen LogP contribution in [0.1, 0.15) is 26.2 Å². The van der Waals surface area contributed by atoms with Crippen molar-refractivity contribution in [1.82, 2.24) is 0 Å². The van der Waals surface area contributed by atoms with E-state index >= 15 is 0 Å². The van der Waals surface area contributed by atoms with E-state index in [-0.39, 0.29) is 17.4 Å². The van der Waals surface area contributed by atoms with E-state index in [0.717, 1.165) is 12.8 Å². The molecule has 2 heteroatoms. The van der Waals surface area contributed by atoms with Gasteiger partial charge in [0, 0.05) is 12.3 Å². The largest absolute Gasteiger partial charge is 0.509 e. The Morgan fingerprint density at radius 1 is 1.44 bits per heavy atom. The van der Waals surface area contributed by atoms with Crippen molar-refractivity contribution < 1.29 is 10.2 Å². The summed E-state index contributed by atoms with van der Waals surface area (Å²) >= 11 is 0. The summed E-state index contributed by atoms with van der Waals surface area (Å²) in [6, 6.07) is 0. The highest BCUT2D eigenvalue weighted by atomic mass is 16.3. The van der Waals surface area contributed by atoms with E-state index in [1.807, 2.05) is 6.92 Å². The van der Waals surface area contributed by atoms with Crippen molar-refractivity contribution in [3.05, 3.63) is 11.5 Å². The van der Waals surface area contributed by atoms with Gasteiger partial charge in [0.2, 0.25) is 0 Å². The zero-order valence-electron chi connectivity index (χ0n) is 5.59. The van der Waals surface area contributed by atoms with Crippen LogP contribution in [0.2, 0.25) is 0 Å². The summed E-state index contributed by atoms with van der Waals surface area (Å²) in [6.07, 6.45) is 2.64. The van der Waals surface area contributed by atoms with Crippen molar-refractivity contribution in [1.29, 1.82) is 0 Å². The highest BCUT2D eigenvalue weighted by Gasteiger charge is 2.17. The van der Waals surface area contributed by atoms with Crippen molar-refractivity contribution in [3.63, 3.8) is 0 Å². The molecule has 0 aliphatic heterocycles. The van der Waals surface area contributed by atoms with Gasteiger partial charge >= 0.3 is 0 Å². The minimum atomic E-state index is 0.166. The summed E-state index contributed by atoms with van der Waals surface area (Å²) in [6.45, 7) is 1.92. The predicted molar refractivity (Wildman–Crippen MR) is 35.3 cm³/mol. The first-order valence-corrected chi connectivity index (χ1v) is 3.33. The molecule has 1 aliphatic carbocycles. The molecule has 1 rings (SSSR count). The van der Waals surface area contributed by atoms with Gasteiger partial charge in [-0.3, -0.25) is 0 Å². The Bertz CT molecular complexity index is 138. The monoisotopic (exact) mass is 128 g/mol. The van der Waals surface area contributed by atoms with Crippen LogP contribution in [-0.4, -0.2) is 10.2 Å². The zero-order chi connectivity index (χ0) is 6.85. The number of rotatable bonds is 0. The molecule has 0 spiro atoms. The van der Waals surface area contributed by atoms with Crippen LogP contribution >= 0.6 is 0 Å². The van der Waals surface area contributed by atoms with Crippen LogP contribution in [0.15, 0.2) is 11.5 Å². The molecule has 1 unspecified atom stereocenters. The maximum absolute atomic E-state index is 9.08. The van der Waals surface area contributed by atoms with E-state index in [4.69, 9.17) is 10.2 Å². The molecular weight excluding hydrogens is 116 g/mol. The van der Waals surface area contributed by atoms with Crippen LogP contribution in [0.4, 0.5) is 0 Å². The van der Waals surface area contributed by atoms with Gasteiger partial charge in [-0.2, -0.15) is 0 Å². The van der Waals surface area contributed by atoms with Crippen LogP contribution in [0.5, 0.6) is 0 Å². The average Bonchev–Trinajstić information content (AvgIpc) is 1.83. The quantitative estimate of drug-likeness (QED) is 0.524. The van der Waals surface area contributed by atoms with Crippen molar-refractivity contribution in [3.8, 4) is 0 Å². The Morgan fingerprint density at radius 2 is 2.11 bits per heavy atom. The Kier molecular flexibility index (Phi) is 1.65. The van der Waals surface area contributed by atoms with Gasteiger partial charge in [0.25, 0.3) is 0 Å². The maximum Gasteiger partial charge on any atom is 0.132 e. The molecule has 0 saturated carbocycles. The third kappa shape index (κ3) is 1.18. The first-order valence-electron chi connectivity index (χ1n) is 3.33. The van der Waals surface area contributed by atoms with Gasteiger partial charge in [-0.15, -0.1) is 0 Å². The molecule has 52 valence electrons. The molecule has 0 bridgehead atoms. The van der Waals surface area contributed by atoms with Crippen molar-refractivity contribution in [2.45, 2.75) is 26.2 Å². The molecule has 0 aromatic rings. The van der Waals surface area contributed by atoms with E-state index in [9.17, 15) is 0 Å². The van der Waals surface area contributed by atoms with Crippen molar-refractivity contribution in [2.24, 2.45) is 5.92 Å². The van der Waals surface area contributed by atoms with Crippen LogP contribution in [-0.2, 0) is 0 Å². The Labute approximate surface area is 54.8 Å². The standard InChI is InChI=1S/C7H12O2/c1-5-3-2-4-6(8)7(5)9/h5,8-9H,2-4H2,1H3. The van der Waals surface area contributed by atoms with Gasteiger partial charge in [-0.25, -0.2) is 0 Å². The number of allylic oxidation sites excluding steroid dienone is 2. The van der Waals surface area contributed by atoms with Gasteiger partial charge in [-0.1, -0.05) is 6.92 Å². The van der Waals surface area contributed by atoms with E-state index in [1.54, 1.807) is 0 Å². The van der Waals surface area contributed by atoms with Gasteiger partial charge in [-0.05, 0) is 12.8 Å². The first-order chi connectivity index (χ1) is 4.22. The van der Waals surface area contributed by atoms with Gasteiger partial charge in [0.05, 0.1) is 0 Å². The summed E-state index contributed by atoms with van der Waals surface area (Å²) in [5.74, 6) is 0.550. The zero-order valence-corrected chi connectivity index (χ0v) is 5.59. The Morgan fingerprint density at radius 3 is 2.56 bits per heavy atom. The second-order valence-electron chi connectivity index (χ2n) is 2.63. The molecule has 9 heavy (non-hydrogen) atoms. The van der Waals surface area contributed by atoms with E-state index in [1.165, 1.54) is 0 Å². The van der Waals surface area contributed by atoms with E-state index in [0.29, 0.717) is 6.42 Å². The topological polar surface area (TPSA) is 40.5 Å². The minimum absolute atomic E-state index is 0.166. The minimum Gasteiger partial charge on any atom is -0.509 e. The fourth-order valence-electron chi connectivity index (χ4n) is 1.12. The molecule has 0 saturated heterocycles. The highest BCUT2D eigenvalue weighted by Crippen LogP contribution is 2.25. The molecule has 1 atom stereocenters. The second kappa shape index (κ2) is 2.29. The fraction of sp³-hybridized carbons (Fsp3) is 0.714. The fourth-order valence-corrected chi connectivity index (χ4v) is 1.12. The van der Waals surface area contributed by atoms with Crippen LogP contribution in [0.3, 0.4) is 0 Å².